The number of nitrogens with one attached hydrogen (secondary N) is 1. The number of carbonyl (C=O) groups excluding carboxylic acids is 3. The molecule has 3 rings (SSSR count). The number of hydrogen-bond donors (Lipinski definition) is 3. The lowest BCUT2D eigenvalue weighted by Gasteiger charge is -2.22. The number of amides is 3. The summed E-state index contributed by atoms with van der Waals surface area (Å²) in [4.78, 5) is 64.3. The van der Waals surface area contributed by atoms with Crippen molar-refractivity contribution in [1.29, 1.82) is 0 Å². The van der Waals surface area contributed by atoms with Gasteiger partial charge < -0.3 is 25.6 Å². The molecule has 0 radical (unpaired) electrons. The summed E-state index contributed by atoms with van der Waals surface area (Å²) in [5.74, 6) is -2.22. The second-order valence-corrected chi connectivity index (χ2v) is 9.98. The number of ether oxygens (including phenoxy) is 2. The van der Waals surface area contributed by atoms with Gasteiger partial charge in [-0.3, -0.25) is 4.79 Å². The van der Waals surface area contributed by atoms with Gasteiger partial charge in [0.2, 0.25) is 11.9 Å². The number of aliphatic carboxylic acids is 1. The summed E-state index contributed by atoms with van der Waals surface area (Å²) >= 11 is 0. The van der Waals surface area contributed by atoms with Crippen molar-refractivity contribution >= 4 is 30.0 Å². The molecule has 0 aliphatic rings. The van der Waals surface area contributed by atoms with E-state index in [4.69, 9.17) is 25.0 Å². The molecule has 4 N–H and O–H groups in total. The molecule has 0 saturated heterocycles. The number of nitrogens with two attached hydrogens (primary N) is 1. The second kappa shape index (κ2) is 19.9. The first-order chi connectivity index (χ1) is 22.3. The van der Waals surface area contributed by atoms with Gasteiger partial charge in [-0.1, -0.05) is 91.0 Å². The molecular weight excluding hydrogens is 596 g/mol. The van der Waals surface area contributed by atoms with Gasteiger partial charge in [0.05, 0.1) is 6.61 Å². The van der Waals surface area contributed by atoms with Crippen LogP contribution in [0.2, 0.25) is 0 Å². The van der Waals surface area contributed by atoms with Crippen LogP contribution in [0.1, 0.15) is 42.4 Å². The van der Waals surface area contributed by atoms with Crippen molar-refractivity contribution in [2.45, 2.75) is 51.5 Å². The predicted octanol–water partition coefficient (Wildman–Crippen LogP) is 4.55. The van der Waals surface area contributed by atoms with Crippen LogP contribution >= 0.6 is 0 Å². The van der Waals surface area contributed by atoms with E-state index >= 15 is 0 Å². The normalized spacial score (nSPS) is 11.7. The highest BCUT2D eigenvalue weighted by molar-refractivity contribution is 5.98. The Balaban J connectivity index is 1.49. The summed E-state index contributed by atoms with van der Waals surface area (Å²) in [6.45, 7) is 0.124. The third-order valence-electron chi connectivity index (χ3n) is 6.40. The molecular formula is C33H38N4O9. The van der Waals surface area contributed by atoms with Crippen LogP contribution in [0.15, 0.2) is 96.0 Å². The maximum Gasteiger partial charge on any atom is 0.437 e. The van der Waals surface area contributed by atoms with E-state index in [0.29, 0.717) is 6.42 Å². The smallest absolute Gasteiger partial charge is 0.437 e. The minimum absolute atomic E-state index is 0.0150. The summed E-state index contributed by atoms with van der Waals surface area (Å²) in [5, 5.41) is 12.1. The van der Waals surface area contributed by atoms with E-state index in [1.165, 1.54) is 0 Å². The Labute approximate surface area is 266 Å². The Morgan fingerprint density at radius 3 is 1.87 bits per heavy atom. The number of aliphatic imine (C=N–C) groups is 1. The van der Waals surface area contributed by atoms with Crippen molar-refractivity contribution in [2.24, 2.45) is 10.7 Å². The van der Waals surface area contributed by atoms with Crippen LogP contribution in [0.4, 0.5) is 9.59 Å². The number of rotatable bonds is 17. The Kier molecular flexibility index (Phi) is 15.2. The summed E-state index contributed by atoms with van der Waals surface area (Å²) in [6.07, 6.45) is -1.57. The molecule has 46 heavy (non-hydrogen) atoms. The van der Waals surface area contributed by atoms with Gasteiger partial charge in [-0.15, -0.1) is 4.99 Å². The van der Waals surface area contributed by atoms with Gasteiger partial charge in [0.15, 0.2) is 0 Å². The molecule has 0 spiro atoms. The molecule has 1 atom stereocenters. The van der Waals surface area contributed by atoms with Gasteiger partial charge in [-0.25, -0.2) is 29.1 Å². The minimum atomic E-state index is -1.25. The van der Waals surface area contributed by atoms with Crippen LogP contribution in [0, 0.1) is 0 Å². The van der Waals surface area contributed by atoms with Crippen molar-refractivity contribution in [3.8, 4) is 0 Å². The number of benzene rings is 3. The first kappa shape index (κ1) is 35.2. The molecule has 0 aliphatic carbocycles. The van der Waals surface area contributed by atoms with Crippen LogP contribution < -0.4 is 11.1 Å². The van der Waals surface area contributed by atoms with Gasteiger partial charge in [0.25, 0.3) is 0 Å². The van der Waals surface area contributed by atoms with Gasteiger partial charge >= 0.3 is 18.2 Å². The van der Waals surface area contributed by atoms with E-state index in [9.17, 15) is 24.3 Å². The maximum absolute atomic E-state index is 13.0. The van der Waals surface area contributed by atoms with Crippen molar-refractivity contribution in [3.05, 3.63) is 108 Å². The topological polar surface area (TPSA) is 179 Å². The number of hydrogen-bond acceptors (Lipinski definition) is 8. The fourth-order valence-corrected chi connectivity index (χ4v) is 4.01. The van der Waals surface area contributed by atoms with Crippen molar-refractivity contribution < 1.29 is 43.5 Å². The van der Waals surface area contributed by atoms with E-state index in [0.717, 1.165) is 21.6 Å². The zero-order chi connectivity index (χ0) is 33.0. The number of guanidine groups is 1. The van der Waals surface area contributed by atoms with Crippen LogP contribution in [0.3, 0.4) is 0 Å². The van der Waals surface area contributed by atoms with E-state index in [1.54, 1.807) is 48.5 Å². The lowest BCUT2D eigenvalue weighted by Crippen LogP contribution is -2.45. The van der Waals surface area contributed by atoms with E-state index in [-0.39, 0.29) is 52.2 Å². The molecule has 244 valence electrons. The molecule has 13 nitrogen and oxygen atoms in total. The molecule has 3 aromatic carbocycles. The molecule has 3 aromatic rings. The Morgan fingerprint density at radius 1 is 0.761 bits per heavy atom. The highest BCUT2D eigenvalue weighted by Gasteiger charge is 2.24. The Bertz CT molecular complexity index is 1410. The van der Waals surface area contributed by atoms with Gasteiger partial charge in [0.1, 0.15) is 25.9 Å². The standard InChI is InChI=1S/C33H38N4O9/c34-31(36-32(41)43-22-25-12-4-1-5-13-25)37(33(42)44-23-26-14-6-2-7-15-26)20-10-18-28(30(39)40)35-29(38)19-11-21-45-46-24-27-16-8-3-9-17-27/h1-9,12-17,28H,10-11,18-24H2,(H,35,38)(H,39,40)(H2,34,36,41)/t28-/m1/s1. The first-order valence-corrected chi connectivity index (χ1v) is 14.7. The third-order valence-corrected chi connectivity index (χ3v) is 6.40. The van der Waals surface area contributed by atoms with E-state index in [1.807, 2.05) is 42.5 Å². The van der Waals surface area contributed by atoms with Crippen molar-refractivity contribution in [3.63, 3.8) is 0 Å². The Hall–Kier alpha value is -5.27. The van der Waals surface area contributed by atoms with Crippen LogP contribution in [-0.4, -0.2) is 59.2 Å². The Morgan fingerprint density at radius 2 is 1.30 bits per heavy atom. The van der Waals surface area contributed by atoms with Gasteiger partial charge in [-0.05, 0) is 36.0 Å². The quantitative estimate of drug-likeness (QED) is 0.0627. The largest absolute Gasteiger partial charge is 0.480 e. The lowest BCUT2D eigenvalue weighted by molar-refractivity contribution is -0.304. The zero-order valence-electron chi connectivity index (χ0n) is 25.3. The first-order valence-electron chi connectivity index (χ1n) is 14.7. The fourth-order valence-electron chi connectivity index (χ4n) is 4.01. The number of carbonyl (C=O) groups is 4. The number of carboxylic acid groups (broad SMARTS) is 1. The van der Waals surface area contributed by atoms with Crippen molar-refractivity contribution in [2.75, 3.05) is 13.2 Å². The number of carboxylic acids is 1. The van der Waals surface area contributed by atoms with Gasteiger partial charge in [0, 0.05) is 13.0 Å². The SMILES string of the molecule is NC(=NC(=O)OCc1ccccc1)N(CCC[C@@H](NC(=O)CCCOOCc1ccccc1)C(=O)O)C(=O)OCc1ccccc1. The zero-order valence-corrected chi connectivity index (χ0v) is 25.3. The molecule has 0 heterocycles. The summed E-state index contributed by atoms with van der Waals surface area (Å²) < 4.78 is 10.5. The highest BCUT2D eigenvalue weighted by Crippen LogP contribution is 2.09. The van der Waals surface area contributed by atoms with Gasteiger partial charge in [-0.2, -0.15) is 0 Å². The fraction of sp³-hybridized carbons (Fsp3) is 0.303. The molecule has 0 saturated carbocycles. The molecule has 0 aromatic heterocycles. The maximum atomic E-state index is 13.0. The minimum Gasteiger partial charge on any atom is -0.480 e. The molecule has 0 unspecified atom stereocenters. The summed E-state index contributed by atoms with van der Waals surface area (Å²) in [5.41, 5.74) is 8.39. The van der Waals surface area contributed by atoms with E-state index in [2.05, 4.69) is 10.3 Å². The molecule has 3 amide bonds. The van der Waals surface area contributed by atoms with E-state index < -0.39 is 36.1 Å². The monoisotopic (exact) mass is 634 g/mol. The second-order valence-electron chi connectivity index (χ2n) is 9.98. The van der Waals surface area contributed by atoms with Crippen LogP contribution in [0.5, 0.6) is 0 Å². The number of nitrogens with zero attached hydrogens (tertiary/aromatic N) is 2. The highest BCUT2D eigenvalue weighted by atomic mass is 17.2. The predicted molar refractivity (Wildman–Crippen MR) is 167 cm³/mol. The average Bonchev–Trinajstić information content (AvgIpc) is 3.07. The van der Waals surface area contributed by atoms with Crippen LogP contribution in [-0.2, 0) is 48.7 Å². The summed E-state index contributed by atoms with van der Waals surface area (Å²) in [6, 6.07) is 26.0. The molecule has 0 aliphatic heterocycles. The van der Waals surface area contributed by atoms with Crippen molar-refractivity contribution in [1.82, 2.24) is 10.2 Å². The molecule has 13 heteroatoms. The molecule has 0 fully saturated rings. The lowest BCUT2D eigenvalue weighted by atomic mass is 10.1. The third kappa shape index (κ3) is 13.6. The molecule has 0 bridgehead atoms. The average molecular weight is 635 g/mol. The van der Waals surface area contributed by atoms with Crippen LogP contribution in [0.25, 0.3) is 0 Å². The summed E-state index contributed by atoms with van der Waals surface area (Å²) in [7, 11) is 0.